The molecule has 0 fully saturated rings. The SMILES string of the molecule is CCOC(=O)CC(CC(=O)c1ccc(OC)c(C)c1C)N=C(c1ccccc1)c1ccccc1. The molecule has 5 heteroatoms. The summed E-state index contributed by atoms with van der Waals surface area (Å²) in [4.78, 5) is 30.7. The molecule has 0 aromatic heterocycles. The lowest BCUT2D eigenvalue weighted by molar-refractivity contribution is -0.143. The number of methoxy groups -OCH3 is 1. The number of carbonyl (C=O) groups is 2. The van der Waals surface area contributed by atoms with E-state index in [0.29, 0.717) is 5.56 Å². The average molecular weight is 458 g/mol. The molecular weight excluding hydrogens is 426 g/mol. The first-order valence-corrected chi connectivity index (χ1v) is 11.5. The first-order chi connectivity index (χ1) is 16.4. The van der Waals surface area contributed by atoms with Crippen LogP contribution < -0.4 is 4.74 Å². The van der Waals surface area contributed by atoms with Crippen molar-refractivity contribution in [1.29, 1.82) is 0 Å². The molecule has 3 aromatic carbocycles. The molecule has 0 saturated heterocycles. The van der Waals surface area contributed by atoms with Crippen LogP contribution >= 0.6 is 0 Å². The minimum atomic E-state index is -0.566. The lowest BCUT2D eigenvalue weighted by Gasteiger charge is -2.17. The van der Waals surface area contributed by atoms with Crippen molar-refractivity contribution >= 4 is 17.5 Å². The number of hydrogen-bond donors (Lipinski definition) is 0. The van der Waals surface area contributed by atoms with Gasteiger partial charge in [-0.25, -0.2) is 0 Å². The van der Waals surface area contributed by atoms with Gasteiger partial charge in [0.25, 0.3) is 0 Å². The van der Waals surface area contributed by atoms with E-state index in [1.54, 1.807) is 26.2 Å². The van der Waals surface area contributed by atoms with E-state index in [0.717, 1.165) is 33.7 Å². The van der Waals surface area contributed by atoms with Gasteiger partial charge < -0.3 is 9.47 Å². The van der Waals surface area contributed by atoms with Crippen LogP contribution in [-0.2, 0) is 9.53 Å². The first kappa shape index (κ1) is 24.9. The van der Waals surface area contributed by atoms with Crippen molar-refractivity contribution in [2.24, 2.45) is 4.99 Å². The molecule has 0 saturated carbocycles. The van der Waals surface area contributed by atoms with Crippen LogP contribution in [0.3, 0.4) is 0 Å². The highest BCUT2D eigenvalue weighted by molar-refractivity contribution is 6.13. The van der Waals surface area contributed by atoms with Crippen molar-refractivity contribution in [2.75, 3.05) is 13.7 Å². The van der Waals surface area contributed by atoms with Crippen LogP contribution in [0.5, 0.6) is 5.75 Å². The normalized spacial score (nSPS) is 11.4. The summed E-state index contributed by atoms with van der Waals surface area (Å²) >= 11 is 0. The van der Waals surface area contributed by atoms with Gasteiger partial charge in [-0.1, -0.05) is 60.7 Å². The average Bonchev–Trinajstić information content (AvgIpc) is 2.85. The zero-order chi connectivity index (χ0) is 24.5. The minimum absolute atomic E-state index is 0.0247. The minimum Gasteiger partial charge on any atom is -0.496 e. The number of esters is 1. The van der Waals surface area contributed by atoms with Gasteiger partial charge in [0.1, 0.15) is 5.75 Å². The lowest BCUT2D eigenvalue weighted by Crippen LogP contribution is -2.21. The number of nitrogens with zero attached hydrogens (tertiary/aromatic N) is 1. The van der Waals surface area contributed by atoms with Crippen LogP contribution in [0.25, 0.3) is 0 Å². The van der Waals surface area contributed by atoms with Gasteiger partial charge in [-0.15, -0.1) is 0 Å². The summed E-state index contributed by atoms with van der Waals surface area (Å²) in [7, 11) is 1.61. The van der Waals surface area contributed by atoms with Crippen LogP contribution in [0.4, 0.5) is 0 Å². The number of carbonyl (C=O) groups excluding carboxylic acids is 2. The van der Waals surface area contributed by atoms with E-state index in [-0.39, 0.29) is 31.2 Å². The second-order valence-electron chi connectivity index (χ2n) is 8.07. The van der Waals surface area contributed by atoms with E-state index in [4.69, 9.17) is 14.5 Å². The van der Waals surface area contributed by atoms with Gasteiger partial charge in [0, 0.05) is 23.1 Å². The second-order valence-corrected chi connectivity index (χ2v) is 8.07. The van der Waals surface area contributed by atoms with E-state index in [9.17, 15) is 9.59 Å². The lowest BCUT2D eigenvalue weighted by atomic mass is 9.94. The van der Waals surface area contributed by atoms with Crippen LogP contribution in [0.1, 0.15) is 52.4 Å². The Morgan fingerprint density at radius 1 is 0.824 bits per heavy atom. The Hall–Kier alpha value is -3.73. The Balaban J connectivity index is 2.01. The number of Topliss-reactive ketones (excluding diaryl/α,β-unsaturated/α-hetero) is 1. The Kier molecular flexibility index (Phi) is 8.74. The van der Waals surface area contributed by atoms with E-state index in [2.05, 4.69) is 0 Å². The molecule has 0 N–H and O–H groups in total. The van der Waals surface area contributed by atoms with Gasteiger partial charge >= 0.3 is 5.97 Å². The quantitative estimate of drug-likeness (QED) is 0.221. The molecule has 0 heterocycles. The third-order valence-electron chi connectivity index (χ3n) is 5.79. The number of aliphatic imine (C=N–C) groups is 1. The van der Waals surface area contributed by atoms with Crippen molar-refractivity contribution < 1.29 is 19.1 Å². The molecule has 34 heavy (non-hydrogen) atoms. The van der Waals surface area contributed by atoms with Gasteiger partial charge in [-0.2, -0.15) is 0 Å². The van der Waals surface area contributed by atoms with Crippen molar-refractivity contribution in [3.05, 3.63) is 101 Å². The highest BCUT2D eigenvalue weighted by Gasteiger charge is 2.22. The fourth-order valence-electron chi connectivity index (χ4n) is 3.91. The third-order valence-corrected chi connectivity index (χ3v) is 5.79. The number of ketones is 1. The van der Waals surface area contributed by atoms with E-state index in [1.165, 1.54) is 0 Å². The van der Waals surface area contributed by atoms with Gasteiger partial charge in [0.2, 0.25) is 0 Å². The maximum atomic E-state index is 13.4. The molecule has 0 radical (unpaired) electrons. The van der Waals surface area contributed by atoms with Crippen molar-refractivity contribution in [3.8, 4) is 5.75 Å². The molecule has 3 rings (SSSR count). The molecule has 3 aromatic rings. The molecule has 0 amide bonds. The summed E-state index contributed by atoms with van der Waals surface area (Å²) in [6.07, 6.45) is 0.117. The predicted octanol–water partition coefficient (Wildman–Crippen LogP) is 5.74. The van der Waals surface area contributed by atoms with Gasteiger partial charge in [0.05, 0.1) is 31.9 Å². The zero-order valence-corrected chi connectivity index (χ0v) is 20.2. The Morgan fingerprint density at radius 3 is 1.94 bits per heavy atom. The molecule has 5 nitrogen and oxygen atoms in total. The van der Waals surface area contributed by atoms with Crippen LogP contribution in [0.15, 0.2) is 77.8 Å². The topological polar surface area (TPSA) is 65.0 Å². The molecule has 0 bridgehead atoms. The molecule has 1 unspecified atom stereocenters. The summed E-state index contributed by atoms with van der Waals surface area (Å²) in [6.45, 7) is 5.89. The van der Waals surface area contributed by atoms with Gasteiger partial charge in [0.15, 0.2) is 5.78 Å². The fraction of sp³-hybridized carbons (Fsp3) is 0.276. The first-order valence-electron chi connectivity index (χ1n) is 11.5. The van der Waals surface area contributed by atoms with Gasteiger partial charge in [-0.05, 0) is 44.0 Å². The number of hydrogen-bond acceptors (Lipinski definition) is 5. The van der Waals surface area contributed by atoms with E-state index in [1.807, 2.05) is 74.5 Å². The standard InChI is InChI=1S/C29H31NO4/c1-5-34-28(32)19-24(18-26(31)25-16-17-27(33-4)21(3)20(25)2)30-29(22-12-8-6-9-13-22)23-14-10-7-11-15-23/h6-17,24H,5,18-19H2,1-4H3. The maximum absolute atomic E-state index is 13.4. The van der Waals surface area contributed by atoms with E-state index < -0.39 is 6.04 Å². The molecular formula is C29H31NO4. The summed E-state index contributed by atoms with van der Waals surface area (Å²) in [5.74, 6) is 0.305. The largest absolute Gasteiger partial charge is 0.496 e. The molecule has 176 valence electrons. The Bertz CT molecular complexity index is 1110. The zero-order valence-electron chi connectivity index (χ0n) is 20.2. The van der Waals surface area contributed by atoms with Crippen LogP contribution in [0.2, 0.25) is 0 Å². The Morgan fingerprint density at radius 2 is 1.41 bits per heavy atom. The number of benzene rings is 3. The maximum Gasteiger partial charge on any atom is 0.307 e. The highest BCUT2D eigenvalue weighted by atomic mass is 16.5. The van der Waals surface area contributed by atoms with Crippen molar-refractivity contribution in [2.45, 2.75) is 39.7 Å². The number of ether oxygens (including phenoxy) is 2. The summed E-state index contributed by atoms with van der Waals surface area (Å²) in [5, 5.41) is 0. The van der Waals surface area contributed by atoms with Crippen molar-refractivity contribution in [3.63, 3.8) is 0 Å². The summed E-state index contributed by atoms with van der Waals surface area (Å²) < 4.78 is 10.6. The third kappa shape index (κ3) is 6.19. The number of rotatable bonds is 10. The summed E-state index contributed by atoms with van der Waals surface area (Å²) in [6, 6.07) is 22.6. The predicted molar refractivity (Wildman–Crippen MR) is 135 cm³/mol. The van der Waals surface area contributed by atoms with Crippen LogP contribution in [-0.4, -0.2) is 37.2 Å². The van der Waals surface area contributed by atoms with Crippen molar-refractivity contribution in [1.82, 2.24) is 0 Å². The van der Waals surface area contributed by atoms with Gasteiger partial charge in [-0.3, -0.25) is 14.6 Å². The second kappa shape index (κ2) is 11.9. The monoisotopic (exact) mass is 457 g/mol. The summed E-state index contributed by atoms with van der Waals surface area (Å²) in [5.41, 5.74) is 5.00. The molecule has 0 aliphatic carbocycles. The smallest absolute Gasteiger partial charge is 0.307 e. The molecule has 0 spiro atoms. The van der Waals surface area contributed by atoms with E-state index >= 15 is 0 Å². The Labute approximate surface area is 201 Å². The molecule has 1 atom stereocenters. The highest BCUT2D eigenvalue weighted by Crippen LogP contribution is 2.26. The molecule has 0 aliphatic rings. The molecule has 0 aliphatic heterocycles. The van der Waals surface area contributed by atoms with Crippen LogP contribution in [0, 0.1) is 13.8 Å². The fourth-order valence-corrected chi connectivity index (χ4v) is 3.91.